The highest BCUT2D eigenvalue weighted by molar-refractivity contribution is 5.73. The predicted octanol–water partition coefficient (Wildman–Crippen LogP) is 5.09. The van der Waals surface area contributed by atoms with Gasteiger partial charge in [0.05, 0.1) is 0 Å². The van der Waals surface area contributed by atoms with E-state index in [0.717, 1.165) is 25.7 Å². The molecule has 0 radical (unpaired) electrons. The van der Waals surface area contributed by atoms with Gasteiger partial charge in [0.15, 0.2) is 0 Å². The second kappa shape index (κ2) is 10.2. The molecule has 2 aromatic carbocycles. The molecule has 0 bridgehead atoms. The Labute approximate surface area is 204 Å². The van der Waals surface area contributed by atoms with Crippen LogP contribution in [0.4, 0.5) is 13.2 Å². The van der Waals surface area contributed by atoms with Gasteiger partial charge in [-0.15, -0.1) is 0 Å². The Balaban J connectivity index is 1.51. The second-order valence-corrected chi connectivity index (χ2v) is 10.0. The molecule has 0 unspecified atom stereocenters. The number of benzene rings is 2. The lowest BCUT2D eigenvalue weighted by atomic mass is 9.70. The molecule has 190 valence electrons. The lowest BCUT2D eigenvalue weighted by molar-refractivity contribution is -0.141. The van der Waals surface area contributed by atoms with Gasteiger partial charge in [0, 0.05) is 18.5 Å². The van der Waals surface area contributed by atoms with E-state index in [1.807, 2.05) is 18.2 Å². The third kappa shape index (κ3) is 5.48. The SMILES string of the molecule is CN(C)C1(c2ccccc2)CCC(Cc2cccc(O[C@H]3CN[C@@H](C(=O)O)C3)c2C(F)(F)F)CC1. The van der Waals surface area contributed by atoms with Crippen LogP contribution in [0.15, 0.2) is 48.5 Å². The van der Waals surface area contributed by atoms with Crippen LogP contribution in [0.5, 0.6) is 5.75 Å². The Bertz CT molecular complexity index is 1020. The first-order valence-corrected chi connectivity index (χ1v) is 12.1. The molecule has 35 heavy (non-hydrogen) atoms. The molecule has 2 aromatic rings. The lowest BCUT2D eigenvalue weighted by Gasteiger charge is -2.46. The minimum absolute atomic E-state index is 0.105. The monoisotopic (exact) mass is 490 g/mol. The second-order valence-electron chi connectivity index (χ2n) is 10.0. The summed E-state index contributed by atoms with van der Waals surface area (Å²) in [4.78, 5) is 13.4. The fraction of sp³-hybridized carbons (Fsp3) is 0.519. The average Bonchev–Trinajstić information content (AvgIpc) is 3.28. The maximum Gasteiger partial charge on any atom is 0.420 e. The van der Waals surface area contributed by atoms with Gasteiger partial charge in [-0.2, -0.15) is 13.2 Å². The van der Waals surface area contributed by atoms with Crippen molar-refractivity contribution in [2.45, 2.75) is 62.4 Å². The fourth-order valence-corrected chi connectivity index (χ4v) is 5.74. The molecule has 2 N–H and O–H groups in total. The Kier molecular flexibility index (Phi) is 7.43. The topological polar surface area (TPSA) is 61.8 Å². The number of nitrogens with zero attached hydrogens (tertiary/aromatic N) is 1. The number of halogens is 3. The summed E-state index contributed by atoms with van der Waals surface area (Å²) in [5, 5.41) is 11.9. The van der Waals surface area contributed by atoms with Gasteiger partial charge in [0.2, 0.25) is 0 Å². The molecule has 2 fully saturated rings. The normalized spacial score (nSPS) is 27.2. The third-order valence-electron chi connectivity index (χ3n) is 7.69. The fourth-order valence-electron chi connectivity index (χ4n) is 5.74. The van der Waals surface area contributed by atoms with Gasteiger partial charge < -0.3 is 15.2 Å². The van der Waals surface area contributed by atoms with Gasteiger partial charge in [-0.3, -0.25) is 9.69 Å². The number of carboxylic acids is 1. The maximum atomic E-state index is 14.2. The number of rotatable bonds is 7. The summed E-state index contributed by atoms with van der Waals surface area (Å²) in [5.74, 6) is -1.09. The molecular weight excluding hydrogens is 457 g/mol. The number of aliphatic carboxylic acids is 1. The van der Waals surface area contributed by atoms with Crippen LogP contribution >= 0.6 is 0 Å². The Morgan fingerprint density at radius 1 is 1.11 bits per heavy atom. The van der Waals surface area contributed by atoms with E-state index in [0.29, 0.717) is 6.42 Å². The van der Waals surface area contributed by atoms with Gasteiger partial charge in [-0.25, -0.2) is 0 Å². The maximum absolute atomic E-state index is 14.2. The molecule has 1 saturated carbocycles. The standard InChI is InChI=1S/C27H33F3N2O3/c1-32(2)26(20-8-4-3-5-9-20)13-11-18(12-14-26)15-19-7-6-10-23(24(19)27(28,29)30)35-21-16-22(25(33)34)31-17-21/h3-10,18,21-22,31H,11-17H2,1-2H3,(H,33,34)/t18?,21-,22-,26?/m1/s1. The molecule has 1 saturated heterocycles. The van der Waals surface area contributed by atoms with Crippen molar-refractivity contribution < 1.29 is 27.8 Å². The van der Waals surface area contributed by atoms with Crippen molar-refractivity contribution in [1.82, 2.24) is 10.2 Å². The predicted molar refractivity (Wildman–Crippen MR) is 127 cm³/mol. The van der Waals surface area contributed by atoms with Crippen LogP contribution < -0.4 is 10.1 Å². The van der Waals surface area contributed by atoms with Crippen LogP contribution in [0.3, 0.4) is 0 Å². The summed E-state index contributed by atoms with van der Waals surface area (Å²) in [7, 11) is 4.14. The number of ether oxygens (including phenoxy) is 1. The Hall–Kier alpha value is -2.58. The third-order valence-corrected chi connectivity index (χ3v) is 7.69. The zero-order valence-corrected chi connectivity index (χ0v) is 20.1. The molecule has 0 amide bonds. The molecule has 5 nitrogen and oxygen atoms in total. The lowest BCUT2D eigenvalue weighted by Crippen LogP contribution is -2.44. The van der Waals surface area contributed by atoms with E-state index in [1.165, 1.54) is 11.6 Å². The first-order chi connectivity index (χ1) is 16.6. The van der Waals surface area contributed by atoms with Crippen LogP contribution in [-0.2, 0) is 22.9 Å². The van der Waals surface area contributed by atoms with Crippen molar-refractivity contribution in [2.75, 3.05) is 20.6 Å². The number of hydrogen-bond acceptors (Lipinski definition) is 4. The van der Waals surface area contributed by atoms with E-state index in [2.05, 4.69) is 36.4 Å². The molecule has 1 aliphatic heterocycles. The summed E-state index contributed by atoms with van der Waals surface area (Å²) >= 11 is 0. The average molecular weight is 491 g/mol. The van der Waals surface area contributed by atoms with Crippen molar-refractivity contribution in [3.05, 3.63) is 65.2 Å². The van der Waals surface area contributed by atoms with Crippen LogP contribution in [0, 0.1) is 5.92 Å². The molecule has 2 aliphatic rings. The number of carboxylic acid groups (broad SMARTS) is 1. The highest BCUT2D eigenvalue weighted by atomic mass is 19.4. The number of carbonyl (C=O) groups is 1. The molecule has 0 aromatic heterocycles. The highest BCUT2D eigenvalue weighted by Gasteiger charge is 2.41. The number of alkyl halides is 3. The Morgan fingerprint density at radius 3 is 2.37 bits per heavy atom. The summed E-state index contributed by atoms with van der Waals surface area (Å²) in [6.45, 7) is 0.202. The van der Waals surface area contributed by atoms with Gasteiger partial charge in [-0.1, -0.05) is 42.5 Å². The summed E-state index contributed by atoms with van der Waals surface area (Å²) in [6.07, 6.45) is -1.27. The summed E-state index contributed by atoms with van der Waals surface area (Å²) in [5.41, 5.74) is 0.662. The molecule has 1 heterocycles. The van der Waals surface area contributed by atoms with E-state index < -0.39 is 29.9 Å². The minimum atomic E-state index is -4.56. The van der Waals surface area contributed by atoms with Gasteiger partial charge >= 0.3 is 12.1 Å². The first kappa shape index (κ1) is 25.5. The smallest absolute Gasteiger partial charge is 0.420 e. The van der Waals surface area contributed by atoms with E-state index in [-0.39, 0.29) is 35.7 Å². The molecular formula is C27H33F3N2O3. The Morgan fingerprint density at radius 2 is 1.80 bits per heavy atom. The van der Waals surface area contributed by atoms with Crippen molar-refractivity contribution >= 4 is 5.97 Å². The van der Waals surface area contributed by atoms with Crippen molar-refractivity contribution in [3.8, 4) is 5.75 Å². The number of nitrogens with one attached hydrogen (secondary N) is 1. The zero-order valence-electron chi connectivity index (χ0n) is 20.1. The first-order valence-electron chi connectivity index (χ1n) is 12.1. The van der Waals surface area contributed by atoms with Crippen molar-refractivity contribution in [3.63, 3.8) is 0 Å². The van der Waals surface area contributed by atoms with Crippen LogP contribution in [-0.4, -0.2) is 48.8 Å². The molecule has 0 spiro atoms. The number of hydrogen-bond donors (Lipinski definition) is 2. The van der Waals surface area contributed by atoms with Crippen LogP contribution in [0.2, 0.25) is 0 Å². The highest BCUT2D eigenvalue weighted by Crippen LogP contribution is 2.46. The van der Waals surface area contributed by atoms with Crippen molar-refractivity contribution in [2.24, 2.45) is 5.92 Å². The van der Waals surface area contributed by atoms with Crippen LogP contribution in [0.25, 0.3) is 0 Å². The molecule has 2 atom stereocenters. The van der Waals surface area contributed by atoms with E-state index >= 15 is 0 Å². The van der Waals surface area contributed by atoms with Gasteiger partial charge in [0.25, 0.3) is 0 Å². The van der Waals surface area contributed by atoms with E-state index in [9.17, 15) is 18.0 Å². The van der Waals surface area contributed by atoms with Crippen LogP contribution in [0.1, 0.15) is 48.8 Å². The van der Waals surface area contributed by atoms with E-state index in [4.69, 9.17) is 9.84 Å². The van der Waals surface area contributed by atoms with Gasteiger partial charge in [0.1, 0.15) is 23.5 Å². The summed E-state index contributed by atoms with van der Waals surface area (Å²) < 4.78 is 48.3. The molecule has 8 heteroatoms. The molecule has 1 aliphatic carbocycles. The van der Waals surface area contributed by atoms with Gasteiger partial charge in [-0.05, 0) is 69.3 Å². The summed E-state index contributed by atoms with van der Waals surface area (Å²) in [6, 6.07) is 14.0. The zero-order chi connectivity index (χ0) is 25.2. The van der Waals surface area contributed by atoms with Crippen molar-refractivity contribution in [1.29, 1.82) is 0 Å². The van der Waals surface area contributed by atoms with E-state index in [1.54, 1.807) is 12.1 Å². The molecule has 4 rings (SSSR count). The minimum Gasteiger partial charge on any atom is -0.488 e. The largest absolute Gasteiger partial charge is 0.488 e. The quantitative estimate of drug-likeness (QED) is 0.566.